The van der Waals surface area contributed by atoms with Crippen LogP contribution in [-0.2, 0) is 0 Å². The third-order valence-electron chi connectivity index (χ3n) is 4.04. The molecular formula is C16H18N4O3. The van der Waals surface area contributed by atoms with Crippen LogP contribution in [0, 0.1) is 6.92 Å². The molecule has 1 saturated heterocycles. The van der Waals surface area contributed by atoms with E-state index in [1.807, 2.05) is 6.92 Å². The zero-order chi connectivity index (χ0) is 16.4. The van der Waals surface area contributed by atoms with Gasteiger partial charge in [-0.25, -0.2) is 9.78 Å². The number of carbonyl (C=O) groups is 2. The number of likely N-dealkylation sites (tertiary alicyclic amines) is 1. The van der Waals surface area contributed by atoms with Crippen LogP contribution in [0.25, 0.3) is 0 Å². The van der Waals surface area contributed by atoms with Gasteiger partial charge in [0.25, 0.3) is 5.91 Å². The monoisotopic (exact) mass is 314 g/mol. The number of carboxylic acid groups (broad SMARTS) is 1. The van der Waals surface area contributed by atoms with E-state index in [1.54, 1.807) is 17.0 Å². The van der Waals surface area contributed by atoms with E-state index >= 15 is 0 Å². The van der Waals surface area contributed by atoms with E-state index in [0.29, 0.717) is 18.7 Å². The van der Waals surface area contributed by atoms with E-state index in [0.717, 1.165) is 24.5 Å². The molecule has 7 nitrogen and oxygen atoms in total. The maximum Gasteiger partial charge on any atom is 0.335 e. The van der Waals surface area contributed by atoms with Crippen LogP contribution < -0.4 is 0 Å². The molecular weight excluding hydrogens is 296 g/mol. The second kappa shape index (κ2) is 6.20. The van der Waals surface area contributed by atoms with Gasteiger partial charge in [-0.05, 0) is 38.0 Å². The van der Waals surface area contributed by atoms with Crippen molar-refractivity contribution in [2.45, 2.75) is 25.7 Å². The van der Waals surface area contributed by atoms with Crippen LogP contribution in [0.5, 0.6) is 0 Å². The first-order chi connectivity index (χ1) is 11.0. The number of carbonyl (C=O) groups excluding carboxylic acids is 1. The predicted molar refractivity (Wildman–Crippen MR) is 82.4 cm³/mol. The zero-order valence-electron chi connectivity index (χ0n) is 12.8. The molecule has 3 rings (SSSR count). The summed E-state index contributed by atoms with van der Waals surface area (Å²) in [6.07, 6.45) is 1.82. The fraction of sp³-hybridized carbons (Fsp3) is 0.375. The molecule has 1 aromatic heterocycles. The molecule has 1 amide bonds. The minimum absolute atomic E-state index is 0.111. The van der Waals surface area contributed by atoms with Crippen LogP contribution >= 0.6 is 0 Å². The van der Waals surface area contributed by atoms with Crippen molar-refractivity contribution in [3.8, 4) is 0 Å². The van der Waals surface area contributed by atoms with Crippen molar-refractivity contribution >= 4 is 11.9 Å². The third kappa shape index (κ3) is 3.23. The van der Waals surface area contributed by atoms with Gasteiger partial charge in [0.15, 0.2) is 5.82 Å². The first-order valence-electron chi connectivity index (χ1n) is 7.56. The molecule has 0 saturated carbocycles. The summed E-state index contributed by atoms with van der Waals surface area (Å²) in [5, 5.41) is 16.1. The molecule has 0 radical (unpaired) electrons. The molecule has 1 atom stereocenters. The Morgan fingerprint density at radius 1 is 1.35 bits per heavy atom. The summed E-state index contributed by atoms with van der Waals surface area (Å²) in [6.45, 7) is 3.06. The van der Waals surface area contributed by atoms with Gasteiger partial charge in [-0.3, -0.25) is 9.89 Å². The van der Waals surface area contributed by atoms with Crippen LogP contribution in [-0.4, -0.2) is 50.2 Å². The quantitative estimate of drug-likeness (QED) is 0.900. The van der Waals surface area contributed by atoms with Gasteiger partial charge < -0.3 is 10.0 Å². The number of piperidine rings is 1. The van der Waals surface area contributed by atoms with Crippen molar-refractivity contribution in [2.75, 3.05) is 13.1 Å². The standard InChI is InChI=1S/C16H18N4O3/c1-10-17-14(19-18-10)13-6-3-7-20(9-13)15(21)11-4-2-5-12(8-11)16(22)23/h2,4-5,8,13H,3,6-7,9H2,1H3,(H,22,23)(H,17,18,19). The van der Waals surface area contributed by atoms with Crippen molar-refractivity contribution in [3.05, 3.63) is 47.0 Å². The number of aryl methyl sites for hydroxylation is 1. The molecule has 1 aromatic carbocycles. The van der Waals surface area contributed by atoms with Gasteiger partial charge in [0.1, 0.15) is 5.82 Å². The number of carboxylic acids is 1. The average Bonchev–Trinajstić information content (AvgIpc) is 3.01. The topological polar surface area (TPSA) is 99.2 Å². The highest BCUT2D eigenvalue weighted by Gasteiger charge is 2.28. The number of hydrogen-bond donors (Lipinski definition) is 2. The number of nitrogens with zero attached hydrogens (tertiary/aromatic N) is 3. The number of hydrogen-bond acceptors (Lipinski definition) is 4. The predicted octanol–water partition coefficient (Wildman–Crippen LogP) is 1.83. The Morgan fingerprint density at radius 3 is 2.83 bits per heavy atom. The smallest absolute Gasteiger partial charge is 0.335 e. The number of amides is 1. The van der Waals surface area contributed by atoms with E-state index in [2.05, 4.69) is 15.2 Å². The van der Waals surface area contributed by atoms with E-state index in [9.17, 15) is 9.59 Å². The van der Waals surface area contributed by atoms with Crippen molar-refractivity contribution in [3.63, 3.8) is 0 Å². The van der Waals surface area contributed by atoms with E-state index in [1.165, 1.54) is 12.1 Å². The first kappa shape index (κ1) is 15.2. The molecule has 23 heavy (non-hydrogen) atoms. The van der Waals surface area contributed by atoms with Crippen LogP contribution in [0.1, 0.15) is 51.1 Å². The van der Waals surface area contributed by atoms with Crippen molar-refractivity contribution < 1.29 is 14.7 Å². The maximum atomic E-state index is 12.6. The fourth-order valence-corrected chi connectivity index (χ4v) is 2.88. The normalized spacial score (nSPS) is 18.0. The third-order valence-corrected chi connectivity index (χ3v) is 4.04. The Labute approximate surface area is 133 Å². The highest BCUT2D eigenvalue weighted by Crippen LogP contribution is 2.25. The SMILES string of the molecule is Cc1nc(C2CCCN(C(=O)c3cccc(C(=O)O)c3)C2)n[nH]1. The Kier molecular flexibility index (Phi) is 4.10. The number of aromatic nitrogens is 3. The summed E-state index contributed by atoms with van der Waals surface area (Å²) in [5.74, 6) is 0.426. The number of benzene rings is 1. The minimum Gasteiger partial charge on any atom is -0.478 e. The summed E-state index contributed by atoms with van der Waals surface area (Å²) in [6, 6.07) is 6.14. The fourth-order valence-electron chi connectivity index (χ4n) is 2.88. The highest BCUT2D eigenvalue weighted by molar-refractivity contribution is 5.97. The summed E-state index contributed by atoms with van der Waals surface area (Å²) >= 11 is 0. The summed E-state index contributed by atoms with van der Waals surface area (Å²) < 4.78 is 0. The maximum absolute atomic E-state index is 12.6. The summed E-state index contributed by atoms with van der Waals surface area (Å²) in [4.78, 5) is 29.8. The minimum atomic E-state index is -1.03. The van der Waals surface area contributed by atoms with Crippen LogP contribution in [0.4, 0.5) is 0 Å². The van der Waals surface area contributed by atoms with E-state index in [-0.39, 0.29) is 17.4 Å². The Bertz CT molecular complexity index is 740. The van der Waals surface area contributed by atoms with Crippen molar-refractivity contribution in [1.29, 1.82) is 0 Å². The second-order valence-corrected chi connectivity index (χ2v) is 5.76. The second-order valence-electron chi connectivity index (χ2n) is 5.76. The molecule has 1 aliphatic rings. The van der Waals surface area contributed by atoms with Gasteiger partial charge in [-0.2, -0.15) is 5.10 Å². The molecule has 7 heteroatoms. The van der Waals surface area contributed by atoms with Gasteiger partial charge in [0, 0.05) is 24.6 Å². The molecule has 1 unspecified atom stereocenters. The molecule has 2 aromatic rings. The number of aromatic carboxylic acids is 1. The molecule has 0 aliphatic carbocycles. The van der Waals surface area contributed by atoms with E-state index < -0.39 is 5.97 Å². The van der Waals surface area contributed by atoms with Gasteiger partial charge in [0.2, 0.25) is 0 Å². The molecule has 120 valence electrons. The lowest BCUT2D eigenvalue weighted by Gasteiger charge is -2.31. The Morgan fingerprint density at radius 2 is 2.13 bits per heavy atom. The van der Waals surface area contributed by atoms with Crippen LogP contribution in [0.2, 0.25) is 0 Å². The Hall–Kier alpha value is -2.70. The van der Waals surface area contributed by atoms with Crippen molar-refractivity contribution in [2.24, 2.45) is 0 Å². The number of aromatic amines is 1. The molecule has 1 aliphatic heterocycles. The van der Waals surface area contributed by atoms with Crippen LogP contribution in [0.15, 0.2) is 24.3 Å². The largest absolute Gasteiger partial charge is 0.478 e. The highest BCUT2D eigenvalue weighted by atomic mass is 16.4. The first-order valence-corrected chi connectivity index (χ1v) is 7.56. The molecule has 0 bridgehead atoms. The van der Waals surface area contributed by atoms with E-state index in [4.69, 9.17) is 5.11 Å². The molecule has 0 spiro atoms. The number of rotatable bonds is 3. The zero-order valence-corrected chi connectivity index (χ0v) is 12.8. The lowest BCUT2D eigenvalue weighted by molar-refractivity contribution is 0.0697. The van der Waals surface area contributed by atoms with Gasteiger partial charge >= 0.3 is 5.97 Å². The Balaban J connectivity index is 1.77. The lowest BCUT2D eigenvalue weighted by atomic mass is 9.96. The van der Waals surface area contributed by atoms with Crippen molar-refractivity contribution in [1.82, 2.24) is 20.1 Å². The molecule has 1 fully saturated rings. The molecule has 2 heterocycles. The summed E-state index contributed by atoms with van der Waals surface area (Å²) in [5.41, 5.74) is 0.519. The molecule has 2 N–H and O–H groups in total. The average molecular weight is 314 g/mol. The number of H-pyrrole nitrogens is 1. The van der Waals surface area contributed by atoms with Gasteiger partial charge in [0.05, 0.1) is 5.56 Å². The van der Waals surface area contributed by atoms with Gasteiger partial charge in [-0.15, -0.1) is 0 Å². The summed E-state index contributed by atoms with van der Waals surface area (Å²) in [7, 11) is 0. The van der Waals surface area contributed by atoms with Crippen LogP contribution in [0.3, 0.4) is 0 Å². The van der Waals surface area contributed by atoms with Gasteiger partial charge in [-0.1, -0.05) is 6.07 Å². The lowest BCUT2D eigenvalue weighted by Crippen LogP contribution is -2.39. The number of nitrogens with one attached hydrogen (secondary N) is 1.